The van der Waals surface area contributed by atoms with Gasteiger partial charge in [-0.1, -0.05) is 12.1 Å². The van der Waals surface area contributed by atoms with Crippen LogP contribution in [0, 0.1) is 0 Å². The number of thiophene rings is 1. The molecule has 0 aliphatic heterocycles. The van der Waals surface area contributed by atoms with Crippen LogP contribution < -0.4 is 5.32 Å². The van der Waals surface area contributed by atoms with Crippen LogP contribution in [0.2, 0.25) is 0 Å². The molecule has 0 atom stereocenters. The van der Waals surface area contributed by atoms with Gasteiger partial charge in [0.1, 0.15) is 0 Å². The largest absolute Gasteiger partial charge is 0.383 e. The van der Waals surface area contributed by atoms with Crippen molar-refractivity contribution in [2.75, 3.05) is 32.5 Å². The molecule has 1 N–H and O–H groups in total. The number of rotatable bonds is 4. The number of nitrogens with zero attached hydrogens (tertiary/aromatic N) is 1. The number of anilines is 1. The molecular formula is C12H16N2S. The van der Waals surface area contributed by atoms with Gasteiger partial charge >= 0.3 is 0 Å². The van der Waals surface area contributed by atoms with Crippen molar-refractivity contribution in [3.8, 4) is 0 Å². The van der Waals surface area contributed by atoms with Gasteiger partial charge < -0.3 is 10.2 Å². The first-order chi connectivity index (χ1) is 7.27. The molecule has 1 heterocycles. The fraction of sp³-hybridized carbons (Fsp3) is 0.333. The molecule has 3 heteroatoms. The molecule has 0 bridgehead atoms. The highest BCUT2D eigenvalue weighted by atomic mass is 32.1. The fourth-order valence-electron chi connectivity index (χ4n) is 1.55. The summed E-state index contributed by atoms with van der Waals surface area (Å²) in [6, 6.07) is 8.57. The van der Waals surface area contributed by atoms with Gasteiger partial charge in [0.2, 0.25) is 0 Å². The second-order valence-electron chi connectivity index (χ2n) is 3.87. The number of hydrogen-bond donors (Lipinski definition) is 1. The van der Waals surface area contributed by atoms with Gasteiger partial charge in [0.15, 0.2) is 0 Å². The first kappa shape index (κ1) is 10.5. The van der Waals surface area contributed by atoms with Crippen LogP contribution in [0.1, 0.15) is 0 Å². The average Bonchev–Trinajstić information content (AvgIpc) is 2.65. The van der Waals surface area contributed by atoms with Gasteiger partial charge in [-0.25, -0.2) is 0 Å². The van der Waals surface area contributed by atoms with Crippen molar-refractivity contribution in [2.45, 2.75) is 0 Å². The summed E-state index contributed by atoms with van der Waals surface area (Å²) in [6.07, 6.45) is 0. The van der Waals surface area contributed by atoms with Gasteiger partial charge in [-0.3, -0.25) is 0 Å². The minimum absolute atomic E-state index is 0.990. The van der Waals surface area contributed by atoms with Crippen molar-refractivity contribution < 1.29 is 0 Å². The molecule has 2 rings (SSSR count). The maximum absolute atomic E-state index is 3.47. The van der Waals surface area contributed by atoms with Gasteiger partial charge in [0, 0.05) is 13.1 Å². The fourth-order valence-corrected chi connectivity index (χ4v) is 2.44. The Morgan fingerprint density at radius 2 is 2.13 bits per heavy atom. The predicted molar refractivity (Wildman–Crippen MR) is 68.9 cm³/mol. The molecule has 0 unspecified atom stereocenters. The molecule has 1 aromatic heterocycles. The van der Waals surface area contributed by atoms with Crippen molar-refractivity contribution in [2.24, 2.45) is 0 Å². The highest BCUT2D eigenvalue weighted by molar-refractivity contribution is 7.17. The summed E-state index contributed by atoms with van der Waals surface area (Å²) >= 11 is 1.80. The Balaban J connectivity index is 2.10. The smallest absolute Gasteiger partial charge is 0.0574 e. The molecule has 2 nitrogen and oxygen atoms in total. The number of fused-ring (bicyclic) bond motifs is 1. The van der Waals surface area contributed by atoms with Gasteiger partial charge in [0.25, 0.3) is 0 Å². The summed E-state index contributed by atoms with van der Waals surface area (Å²) in [5.41, 5.74) is 1.25. The zero-order valence-electron chi connectivity index (χ0n) is 9.16. The van der Waals surface area contributed by atoms with E-state index >= 15 is 0 Å². The number of nitrogens with one attached hydrogen (secondary N) is 1. The number of benzene rings is 1. The van der Waals surface area contributed by atoms with E-state index in [4.69, 9.17) is 0 Å². The maximum Gasteiger partial charge on any atom is 0.0574 e. The van der Waals surface area contributed by atoms with E-state index in [2.05, 4.69) is 54.0 Å². The molecule has 15 heavy (non-hydrogen) atoms. The molecule has 0 saturated carbocycles. The molecule has 2 aromatic rings. The first-order valence-electron chi connectivity index (χ1n) is 5.12. The van der Waals surface area contributed by atoms with Crippen LogP contribution in [-0.2, 0) is 0 Å². The van der Waals surface area contributed by atoms with Gasteiger partial charge in [-0.15, -0.1) is 11.3 Å². The SMILES string of the molecule is CN(C)CCNc1cccc2ccsc12. The number of likely N-dealkylation sites (N-methyl/N-ethyl adjacent to an activating group) is 1. The third-order valence-electron chi connectivity index (χ3n) is 2.35. The summed E-state index contributed by atoms with van der Waals surface area (Å²) in [7, 11) is 4.18. The second kappa shape index (κ2) is 4.64. The van der Waals surface area contributed by atoms with E-state index in [1.54, 1.807) is 11.3 Å². The Morgan fingerprint density at radius 3 is 2.93 bits per heavy atom. The lowest BCUT2D eigenvalue weighted by Gasteiger charge is -2.11. The van der Waals surface area contributed by atoms with Crippen LogP contribution in [0.25, 0.3) is 10.1 Å². The van der Waals surface area contributed by atoms with Crippen molar-refractivity contribution in [3.63, 3.8) is 0 Å². The van der Waals surface area contributed by atoms with Crippen molar-refractivity contribution >= 4 is 27.1 Å². The van der Waals surface area contributed by atoms with Crippen LogP contribution in [0.4, 0.5) is 5.69 Å². The second-order valence-corrected chi connectivity index (χ2v) is 4.79. The van der Waals surface area contributed by atoms with Gasteiger partial charge in [0.05, 0.1) is 10.4 Å². The van der Waals surface area contributed by atoms with Crippen LogP contribution in [0.3, 0.4) is 0 Å². The summed E-state index contributed by atoms with van der Waals surface area (Å²) in [6.45, 7) is 2.05. The monoisotopic (exact) mass is 220 g/mol. The van der Waals surface area contributed by atoms with E-state index in [0.29, 0.717) is 0 Å². The summed E-state index contributed by atoms with van der Waals surface area (Å²) in [4.78, 5) is 2.18. The molecule has 0 amide bonds. The lowest BCUT2D eigenvalue weighted by molar-refractivity contribution is 0.425. The standard InChI is InChI=1S/C12H16N2S/c1-14(2)8-7-13-11-5-3-4-10-6-9-15-12(10)11/h3-6,9,13H,7-8H2,1-2H3. The predicted octanol–water partition coefficient (Wildman–Crippen LogP) is 2.87. The lowest BCUT2D eigenvalue weighted by Crippen LogP contribution is -2.20. The van der Waals surface area contributed by atoms with Crippen LogP contribution in [-0.4, -0.2) is 32.1 Å². The summed E-state index contributed by atoms with van der Waals surface area (Å²) in [5.74, 6) is 0. The molecule has 1 aromatic carbocycles. The number of hydrogen-bond acceptors (Lipinski definition) is 3. The molecule has 80 valence electrons. The zero-order valence-corrected chi connectivity index (χ0v) is 9.97. The third-order valence-corrected chi connectivity index (χ3v) is 3.32. The molecule has 0 spiro atoms. The Morgan fingerprint density at radius 1 is 1.27 bits per heavy atom. The normalized spacial score (nSPS) is 11.1. The minimum Gasteiger partial charge on any atom is -0.383 e. The molecular weight excluding hydrogens is 204 g/mol. The summed E-state index contributed by atoms with van der Waals surface area (Å²) < 4.78 is 1.36. The lowest BCUT2D eigenvalue weighted by atomic mass is 10.2. The van der Waals surface area contributed by atoms with E-state index in [0.717, 1.165) is 13.1 Å². The Bertz CT molecular complexity index is 434. The third kappa shape index (κ3) is 2.49. The van der Waals surface area contributed by atoms with Crippen molar-refractivity contribution in [3.05, 3.63) is 29.6 Å². The topological polar surface area (TPSA) is 15.3 Å². The van der Waals surface area contributed by atoms with E-state index < -0.39 is 0 Å². The Hall–Kier alpha value is -1.06. The van der Waals surface area contributed by atoms with E-state index in [9.17, 15) is 0 Å². The van der Waals surface area contributed by atoms with Crippen LogP contribution in [0.15, 0.2) is 29.6 Å². The van der Waals surface area contributed by atoms with Crippen LogP contribution in [0.5, 0.6) is 0 Å². The summed E-state index contributed by atoms with van der Waals surface area (Å²) in [5, 5.41) is 6.94. The zero-order chi connectivity index (χ0) is 10.7. The van der Waals surface area contributed by atoms with Gasteiger partial charge in [-0.05, 0) is 37.0 Å². The van der Waals surface area contributed by atoms with Crippen LogP contribution >= 0.6 is 11.3 Å². The van der Waals surface area contributed by atoms with Crippen molar-refractivity contribution in [1.29, 1.82) is 0 Å². The van der Waals surface area contributed by atoms with E-state index in [-0.39, 0.29) is 0 Å². The first-order valence-corrected chi connectivity index (χ1v) is 6.00. The highest BCUT2D eigenvalue weighted by Gasteiger charge is 2.00. The molecule has 0 aliphatic rings. The van der Waals surface area contributed by atoms with Gasteiger partial charge in [-0.2, -0.15) is 0 Å². The highest BCUT2D eigenvalue weighted by Crippen LogP contribution is 2.28. The maximum atomic E-state index is 3.47. The quantitative estimate of drug-likeness (QED) is 0.852. The molecule has 0 fully saturated rings. The Labute approximate surface area is 94.5 Å². The average molecular weight is 220 g/mol. The molecule has 0 saturated heterocycles. The molecule has 0 aliphatic carbocycles. The van der Waals surface area contributed by atoms with E-state index in [1.807, 2.05) is 0 Å². The Kier molecular flexibility index (Phi) is 3.23. The van der Waals surface area contributed by atoms with Crippen molar-refractivity contribution in [1.82, 2.24) is 4.90 Å². The molecule has 0 radical (unpaired) electrons. The van der Waals surface area contributed by atoms with E-state index in [1.165, 1.54) is 15.8 Å². The minimum atomic E-state index is 0.990.